The number of ether oxygens (including phenoxy) is 2. The Morgan fingerprint density at radius 3 is 2.40 bits per heavy atom. The van der Waals surface area contributed by atoms with E-state index in [9.17, 15) is 9.59 Å². The molecule has 0 saturated carbocycles. The van der Waals surface area contributed by atoms with Gasteiger partial charge < -0.3 is 25.8 Å². The molecule has 4 aromatic carbocycles. The number of hydrogen-bond donors (Lipinski definition) is 3. The zero-order chi connectivity index (χ0) is 30.2. The highest BCUT2D eigenvalue weighted by atomic mass is 16.5. The molecule has 7 nitrogen and oxygen atoms in total. The Kier molecular flexibility index (Phi) is 9.74. The molecule has 2 amide bonds. The summed E-state index contributed by atoms with van der Waals surface area (Å²) in [5.74, 6) is 1.09. The molecule has 0 unspecified atom stereocenters. The van der Waals surface area contributed by atoms with Crippen molar-refractivity contribution in [1.29, 1.82) is 0 Å². The van der Waals surface area contributed by atoms with Crippen LogP contribution in [0.3, 0.4) is 0 Å². The van der Waals surface area contributed by atoms with E-state index in [2.05, 4.69) is 60.0 Å². The van der Waals surface area contributed by atoms with Crippen LogP contribution in [0.25, 0.3) is 11.1 Å². The Labute approximate surface area is 253 Å². The molecule has 0 saturated heterocycles. The molecule has 0 aromatic heterocycles. The van der Waals surface area contributed by atoms with Gasteiger partial charge in [-0.25, -0.2) is 0 Å². The highest BCUT2D eigenvalue weighted by Crippen LogP contribution is 2.40. The number of benzene rings is 4. The lowest BCUT2D eigenvalue weighted by Gasteiger charge is -2.20. The van der Waals surface area contributed by atoms with Crippen molar-refractivity contribution in [2.45, 2.75) is 52.9 Å². The number of carbonyl (C=O) groups is 2. The lowest BCUT2D eigenvalue weighted by Crippen LogP contribution is -2.30. The van der Waals surface area contributed by atoms with Crippen LogP contribution in [0.15, 0.2) is 78.9 Å². The van der Waals surface area contributed by atoms with E-state index >= 15 is 0 Å². The maximum absolute atomic E-state index is 11.7. The molecule has 0 fully saturated rings. The molecule has 1 aliphatic rings. The van der Waals surface area contributed by atoms with Crippen molar-refractivity contribution in [3.8, 4) is 22.6 Å². The number of primary amides is 1. The Morgan fingerprint density at radius 1 is 0.837 bits per heavy atom. The van der Waals surface area contributed by atoms with Crippen LogP contribution in [0.2, 0.25) is 0 Å². The number of amides is 2. The molecule has 0 atom stereocenters. The monoisotopic (exact) mass is 577 g/mol. The Hall–Kier alpha value is -4.62. The van der Waals surface area contributed by atoms with E-state index in [0.717, 1.165) is 47.5 Å². The van der Waals surface area contributed by atoms with Crippen LogP contribution in [0, 0.1) is 6.92 Å². The average molecular weight is 578 g/mol. The summed E-state index contributed by atoms with van der Waals surface area (Å²) in [7, 11) is 0. The second-order valence-corrected chi connectivity index (χ2v) is 10.9. The van der Waals surface area contributed by atoms with E-state index in [0.29, 0.717) is 31.8 Å². The average Bonchev–Trinajstić information content (AvgIpc) is 3.51. The van der Waals surface area contributed by atoms with Gasteiger partial charge in [-0.15, -0.1) is 0 Å². The molecule has 43 heavy (non-hydrogen) atoms. The minimum absolute atomic E-state index is 0.0454. The zero-order valence-electron chi connectivity index (χ0n) is 24.9. The van der Waals surface area contributed by atoms with Gasteiger partial charge in [0.15, 0.2) is 0 Å². The predicted molar refractivity (Wildman–Crippen MR) is 169 cm³/mol. The molecule has 4 aromatic rings. The van der Waals surface area contributed by atoms with Gasteiger partial charge in [0.2, 0.25) is 11.8 Å². The minimum atomic E-state index is -0.467. The summed E-state index contributed by atoms with van der Waals surface area (Å²) >= 11 is 0. The van der Waals surface area contributed by atoms with E-state index in [-0.39, 0.29) is 12.5 Å². The van der Waals surface area contributed by atoms with E-state index in [1.54, 1.807) is 12.1 Å². The highest BCUT2D eigenvalue weighted by Gasteiger charge is 2.24. The normalized spacial score (nSPS) is 12.0. The molecule has 222 valence electrons. The van der Waals surface area contributed by atoms with Crippen molar-refractivity contribution in [2.24, 2.45) is 5.73 Å². The number of fused-ring (bicyclic) bond motifs is 1. The van der Waals surface area contributed by atoms with Gasteiger partial charge in [-0.2, -0.15) is 0 Å². The van der Waals surface area contributed by atoms with E-state index in [1.165, 1.54) is 34.7 Å². The van der Waals surface area contributed by atoms with Crippen LogP contribution in [0.1, 0.15) is 57.1 Å². The van der Waals surface area contributed by atoms with Crippen LogP contribution in [-0.2, 0) is 37.4 Å². The van der Waals surface area contributed by atoms with Gasteiger partial charge in [0.1, 0.15) is 24.7 Å². The first-order chi connectivity index (χ1) is 20.9. The maximum atomic E-state index is 11.7. The molecule has 7 heteroatoms. The van der Waals surface area contributed by atoms with Crippen molar-refractivity contribution in [2.75, 3.05) is 13.1 Å². The molecule has 0 bridgehead atoms. The first kappa shape index (κ1) is 29.9. The number of hydrogen-bond acceptors (Lipinski definition) is 5. The van der Waals surface area contributed by atoms with Gasteiger partial charge in [-0.3, -0.25) is 9.59 Å². The van der Waals surface area contributed by atoms with Crippen molar-refractivity contribution < 1.29 is 19.1 Å². The zero-order valence-corrected chi connectivity index (χ0v) is 24.9. The third kappa shape index (κ3) is 7.43. The lowest BCUT2D eigenvalue weighted by molar-refractivity contribution is -0.118. The molecular weight excluding hydrogens is 538 g/mol. The number of rotatable bonds is 13. The number of carbonyl (C=O) groups excluding carboxylic acids is 2. The fourth-order valence-electron chi connectivity index (χ4n) is 5.68. The highest BCUT2D eigenvalue weighted by molar-refractivity contribution is 5.92. The summed E-state index contributed by atoms with van der Waals surface area (Å²) < 4.78 is 13.0. The van der Waals surface area contributed by atoms with Crippen LogP contribution >= 0.6 is 0 Å². The van der Waals surface area contributed by atoms with Crippen LogP contribution in [-0.4, -0.2) is 24.9 Å². The smallest absolute Gasteiger partial charge is 0.248 e. The van der Waals surface area contributed by atoms with Crippen molar-refractivity contribution in [3.63, 3.8) is 0 Å². The molecular formula is C36H39N3O4. The third-order valence-corrected chi connectivity index (χ3v) is 7.94. The summed E-state index contributed by atoms with van der Waals surface area (Å²) in [6.45, 7) is 6.21. The maximum Gasteiger partial charge on any atom is 0.248 e. The largest absolute Gasteiger partial charge is 0.488 e. The quantitative estimate of drug-likeness (QED) is 0.179. The second-order valence-electron chi connectivity index (χ2n) is 10.9. The summed E-state index contributed by atoms with van der Waals surface area (Å²) in [6.07, 6.45) is 2.95. The second kappa shape index (κ2) is 14.0. The van der Waals surface area contributed by atoms with Gasteiger partial charge in [0.05, 0.1) is 0 Å². The first-order valence-corrected chi connectivity index (χ1v) is 14.8. The Bertz CT molecular complexity index is 1600. The predicted octanol–water partition coefficient (Wildman–Crippen LogP) is 5.63. The van der Waals surface area contributed by atoms with Gasteiger partial charge in [0.25, 0.3) is 0 Å². The van der Waals surface area contributed by atoms with Gasteiger partial charge in [-0.05, 0) is 77.3 Å². The standard InChI is InChI=1S/C36H39N3O4/c1-24-29(13-7-14-30(24)27-10-4-3-5-11-27)23-43-34-20-35(42-22-26-9-6-12-28(19-26)36(37)41)33(31-15-8-16-32(31)34)21-38-17-18-39-25(2)40/h3-7,9-14,19-20,38H,8,15-18,21-23H2,1-2H3,(H2,37,41)(H,39,40). The molecule has 0 radical (unpaired) electrons. The summed E-state index contributed by atoms with van der Waals surface area (Å²) in [5, 5.41) is 6.29. The topological polar surface area (TPSA) is 103 Å². The van der Waals surface area contributed by atoms with Gasteiger partial charge >= 0.3 is 0 Å². The fourth-order valence-corrected chi connectivity index (χ4v) is 5.68. The van der Waals surface area contributed by atoms with E-state index in [1.807, 2.05) is 24.3 Å². The Morgan fingerprint density at radius 2 is 1.60 bits per heavy atom. The van der Waals surface area contributed by atoms with Crippen LogP contribution in [0.5, 0.6) is 11.5 Å². The fraction of sp³-hybridized carbons (Fsp3) is 0.278. The number of nitrogens with two attached hydrogens (primary N) is 1. The van der Waals surface area contributed by atoms with Gasteiger partial charge in [-0.1, -0.05) is 60.7 Å². The molecule has 0 heterocycles. The molecule has 1 aliphatic carbocycles. The molecule has 0 aliphatic heterocycles. The summed E-state index contributed by atoms with van der Waals surface area (Å²) in [4.78, 5) is 23.0. The SMILES string of the molecule is CC(=O)NCCNCc1c(OCc2cccc(C(N)=O)c2)cc(OCc2cccc(-c3ccccc3)c2C)c2c1CCC2. The van der Waals surface area contributed by atoms with Crippen molar-refractivity contribution >= 4 is 11.8 Å². The van der Waals surface area contributed by atoms with E-state index in [4.69, 9.17) is 15.2 Å². The molecule has 4 N–H and O–H groups in total. The lowest BCUT2D eigenvalue weighted by atomic mass is 9.97. The van der Waals surface area contributed by atoms with Crippen LogP contribution < -0.4 is 25.8 Å². The van der Waals surface area contributed by atoms with Crippen LogP contribution in [0.4, 0.5) is 0 Å². The Balaban J connectivity index is 1.41. The minimum Gasteiger partial charge on any atom is -0.488 e. The summed E-state index contributed by atoms with van der Waals surface area (Å²) in [5.41, 5.74) is 15.2. The third-order valence-electron chi connectivity index (χ3n) is 7.94. The first-order valence-electron chi connectivity index (χ1n) is 14.8. The van der Waals surface area contributed by atoms with Crippen molar-refractivity contribution in [3.05, 3.63) is 118 Å². The van der Waals surface area contributed by atoms with Gasteiger partial charge in [0, 0.05) is 43.8 Å². The summed E-state index contributed by atoms with van der Waals surface area (Å²) in [6, 6.07) is 26.0. The number of nitrogens with one attached hydrogen (secondary N) is 2. The molecule has 0 spiro atoms. The van der Waals surface area contributed by atoms with E-state index < -0.39 is 5.91 Å². The molecule has 5 rings (SSSR count). The van der Waals surface area contributed by atoms with Crippen molar-refractivity contribution in [1.82, 2.24) is 10.6 Å².